The zero-order valence-corrected chi connectivity index (χ0v) is 13.0. The summed E-state index contributed by atoms with van der Waals surface area (Å²) in [5.74, 6) is 0.932. The van der Waals surface area contributed by atoms with E-state index in [0.29, 0.717) is 11.8 Å². The standard InChI is InChI=1S/C17H24O4/c1-9-5-6-12-15(17(12,3)4)14-11(7-18)8-20-16(13(9)14)21-10(2)19/h8,12-16,18H,1,5-7H2,2-4H3/t12-,13-,14-,15-,16+/m0/s1. The molecule has 2 saturated carbocycles. The van der Waals surface area contributed by atoms with Crippen molar-refractivity contribution in [2.45, 2.75) is 39.9 Å². The third-order valence-electron chi connectivity index (χ3n) is 5.70. The molecule has 21 heavy (non-hydrogen) atoms. The Morgan fingerprint density at radius 1 is 1.52 bits per heavy atom. The van der Waals surface area contributed by atoms with Crippen molar-refractivity contribution in [3.8, 4) is 0 Å². The molecule has 116 valence electrons. The molecule has 1 aliphatic heterocycles. The van der Waals surface area contributed by atoms with E-state index in [0.717, 1.165) is 24.0 Å². The van der Waals surface area contributed by atoms with E-state index in [4.69, 9.17) is 9.47 Å². The van der Waals surface area contributed by atoms with E-state index in [2.05, 4.69) is 20.4 Å². The van der Waals surface area contributed by atoms with Crippen LogP contribution in [0.2, 0.25) is 0 Å². The van der Waals surface area contributed by atoms with Crippen molar-refractivity contribution in [1.82, 2.24) is 0 Å². The maximum Gasteiger partial charge on any atom is 0.305 e. The van der Waals surface area contributed by atoms with Gasteiger partial charge in [-0.05, 0) is 35.7 Å². The minimum atomic E-state index is -0.606. The fourth-order valence-electron chi connectivity index (χ4n) is 4.58. The second kappa shape index (κ2) is 4.87. The Morgan fingerprint density at radius 2 is 2.24 bits per heavy atom. The SMILES string of the molecule is C=C1CC[C@H]2[C@@H]([C@H]3C(CO)=CO[C@H](OC(C)=O)[C@@H]13)C2(C)C. The predicted octanol–water partition coefficient (Wildman–Crippen LogP) is 2.64. The molecule has 0 aromatic carbocycles. The van der Waals surface area contributed by atoms with Gasteiger partial charge < -0.3 is 14.6 Å². The van der Waals surface area contributed by atoms with E-state index >= 15 is 0 Å². The molecule has 2 fully saturated rings. The molecule has 0 spiro atoms. The van der Waals surface area contributed by atoms with Gasteiger partial charge in [0.05, 0.1) is 18.8 Å². The van der Waals surface area contributed by atoms with Crippen molar-refractivity contribution < 1.29 is 19.4 Å². The highest BCUT2D eigenvalue weighted by Gasteiger charge is 2.65. The van der Waals surface area contributed by atoms with Gasteiger partial charge >= 0.3 is 5.97 Å². The summed E-state index contributed by atoms with van der Waals surface area (Å²) in [5.41, 5.74) is 2.26. The van der Waals surface area contributed by atoms with Crippen LogP contribution in [-0.2, 0) is 14.3 Å². The molecular weight excluding hydrogens is 268 g/mol. The second-order valence-electron chi connectivity index (χ2n) is 7.17. The van der Waals surface area contributed by atoms with E-state index in [1.165, 1.54) is 6.92 Å². The van der Waals surface area contributed by atoms with E-state index in [1.54, 1.807) is 6.26 Å². The number of rotatable bonds is 2. The van der Waals surface area contributed by atoms with Crippen LogP contribution in [0.4, 0.5) is 0 Å². The predicted molar refractivity (Wildman–Crippen MR) is 77.9 cm³/mol. The minimum Gasteiger partial charge on any atom is -0.462 e. The summed E-state index contributed by atoms with van der Waals surface area (Å²) in [6, 6.07) is 0. The second-order valence-corrected chi connectivity index (χ2v) is 7.17. The van der Waals surface area contributed by atoms with Gasteiger partial charge in [0.15, 0.2) is 0 Å². The molecule has 4 nitrogen and oxygen atoms in total. The maximum atomic E-state index is 11.3. The first-order valence-corrected chi connectivity index (χ1v) is 7.68. The zero-order valence-electron chi connectivity index (χ0n) is 13.0. The smallest absolute Gasteiger partial charge is 0.305 e. The quantitative estimate of drug-likeness (QED) is 0.628. The first kappa shape index (κ1) is 14.6. The number of carbonyl (C=O) groups is 1. The molecule has 5 atom stereocenters. The minimum absolute atomic E-state index is 0.0134. The summed E-state index contributed by atoms with van der Waals surface area (Å²) in [5, 5.41) is 9.70. The van der Waals surface area contributed by atoms with Crippen LogP contribution < -0.4 is 0 Å². The molecule has 0 saturated heterocycles. The van der Waals surface area contributed by atoms with Crippen molar-refractivity contribution >= 4 is 5.97 Å². The Kier molecular flexibility index (Phi) is 3.40. The largest absolute Gasteiger partial charge is 0.462 e. The first-order valence-electron chi connectivity index (χ1n) is 7.68. The van der Waals surface area contributed by atoms with Crippen molar-refractivity contribution in [1.29, 1.82) is 0 Å². The van der Waals surface area contributed by atoms with Crippen LogP contribution in [-0.4, -0.2) is 24.0 Å². The Labute approximate surface area is 125 Å². The summed E-state index contributed by atoms with van der Waals surface area (Å²) < 4.78 is 11.0. The van der Waals surface area contributed by atoms with Crippen LogP contribution in [0.5, 0.6) is 0 Å². The number of hydrogen-bond donors (Lipinski definition) is 1. The van der Waals surface area contributed by atoms with Gasteiger partial charge in [0.2, 0.25) is 6.29 Å². The number of aliphatic hydroxyl groups excluding tert-OH is 1. The number of carbonyl (C=O) groups excluding carboxylic acids is 1. The first-order chi connectivity index (χ1) is 9.87. The topological polar surface area (TPSA) is 55.8 Å². The lowest BCUT2D eigenvalue weighted by Crippen LogP contribution is -2.40. The zero-order chi connectivity index (χ0) is 15.4. The Balaban J connectivity index is 1.98. The maximum absolute atomic E-state index is 11.3. The lowest BCUT2D eigenvalue weighted by atomic mass is 9.75. The van der Waals surface area contributed by atoms with Gasteiger partial charge in [-0.25, -0.2) is 0 Å². The lowest BCUT2D eigenvalue weighted by molar-refractivity contribution is -0.181. The molecule has 4 heteroatoms. The molecule has 1 N–H and O–H groups in total. The molecule has 0 aromatic heterocycles. The Hall–Kier alpha value is -1.29. The van der Waals surface area contributed by atoms with Crippen LogP contribution in [0.15, 0.2) is 24.0 Å². The van der Waals surface area contributed by atoms with E-state index in [9.17, 15) is 9.90 Å². The van der Waals surface area contributed by atoms with Crippen LogP contribution in [0.1, 0.15) is 33.6 Å². The summed E-state index contributed by atoms with van der Waals surface area (Å²) in [4.78, 5) is 11.3. The van der Waals surface area contributed by atoms with Gasteiger partial charge in [0.1, 0.15) is 0 Å². The molecule has 1 heterocycles. The van der Waals surface area contributed by atoms with E-state index in [1.807, 2.05) is 0 Å². The highest BCUT2D eigenvalue weighted by atomic mass is 16.7. The fraction of sp³-hybridized carbons (Fsp3) is 0.706. The molecule has 0 unspecified atom stereocenters. The van der Waals surface area contributed by atoms with Crippen LogP contribution >= 0.6 is 0 Å². The highest BCUT2D eigenvalue weighted by Crippen LogP contribution is 2.69. The normalized spacial score (nSPS) is 40.1. The molecule has 3 aliphatic rings. The number of aliphatic hydroxyl groups is 1. The van der Waals surface area contributed by atoms with Crippen LogP contribution in [0.25, 0.3) is 0 Å². The monoisotopic (exact) mass is 292 g/mol. The lowest BCUT2D eigenvalue weighted by Gasteiger charge is -2.38. The number of hydrogen-bond acceptors (Lipinski definition) is 4. The molecule has 2 aliphatic carbocycles. The third kappa shape index (κ3) is 2.20. The molecule has 3 rings (SSSR count). The van der Waals surface area contributed by atoms with Crippen LogP contribution in [0, 0.1) is 29.1 Å². The summed E-state index contributed by atoms with van der Waals surface area (Å²) >= 11 is 0. The molecule has 0 bridgehead atoms. The van der Waals surface area contributed by atoms with Gasteiger partial charge in [-0.1, -0.05) is 26.0 Å². The van der Waals surface area contributed by atoms with Gasteiger partial charge in [-0.2, -0.15) is 0 Å². The molecule has 0 radical (unpaired) electrons. The average Bonchev–Trinajstić information content (AvgIpc) is 3.00. The van der Waals surface area contributed by atoms with E-state index in [-0.39, 0.29) is 29.8 Å². The van der Waals surface area contributed by atoms with Crippen molar-refractivity contribution in [2.24, 2.45) is 29.1 Å². The van der Waals surface area contributed by atoms with Crippen molar-refractivity contribution in [3.05, 3.63) is 24.0 Å². The third-order valence-corrected chi connectivity index (χ3v) is 5.70. The molecular formula is C17H24O4. The van der Waals surface area contributed by atoms with Crippen molar-refractivity contribution in [2.75, 3.05) is 6.61 Å². The van der Waals surface area contributed by atoms with Gasteiger partial charge in [-0.15, -0.1) is 0 Å². The Morgan fingerprint density at radius 3 is 2.86 bits per heavy atom. The van der Waals surface area contributed by atoms with Gasteiger partial charge in [0.25, 0.3) is 0 Å². The summed E-state index contributed by atoms with van der Waals surface area (Å²) in [6.07, 6.45) is 3.05. The molecule has 0 amide bonds. The fourth-order valence-corrected chi connectivity index (χ4v) is 4.58. The number of ether oxygens (including phenoxy) is 2. The van der Waals surface area contributed by atoms with Crippen LogP contribution in [0.3, 0.4) is 0 Å². The number of fused-ring (bicyclic) bond motifs is 3. The van der Waals surface area contributed by atoms with Gasteiger partial charge in [-0.3, -0.25) is 4.79 Å². The van der Waals surface area contributed by atoms with E-state index < -0.39 is 6.29 Å². The highest BCUT2D eigenvalue weighted by molar-refractivity contribution is 5.66. The average molecular weight is 292 g/mol. The summed E-state index contributed by atoms with van der Waals surface area (Å²) in [7, 11) is 0. The molecule has 0 aromatic rings. The summed E-state index contributed by atoms with van der Waals surface area (Å²) in [6.45, 7) is 10.2. The van der Waals surface area contributed by atoms with Gasteiger partial charge in [0, 0.05) is 12.8 Å². The Bertz CT molecular complexity index is 505. The number of esters is 1. The van der Waals surface area contributed by atoms with Crippen molar-refractivity contribution in [3.63, 3.8) is 0 Å².